The topological polar surface area (TPSA) is 66.0 Å². The highest BCUT2D eigenvalue weighted by Gasteiger charge is 2.41. The van der Waals surface area contributed by atoms with Gasteiger partial charge in [0.2, 0.25) is 0 Å². The Labute approximate surface area is 116 Å². The van der Waals surface area contributed by atoms with Gasteiger partial charge >= 0.3 is 5.97 Å². The van der Waals surface area contributed by atoms with Gasteiger partial charge in [0.1, 0.15) is 11.6 Å². The van der Waals surface area contributed by atoms with Crippen LogP contribution in [0.15, 0.2) is 58.2 Å². The molecule has 2 aromatic rings. The number of anilines is 1. The summed E-state index contributed by atoms with van der Waals surface area (Å²) in [5.41, 5.74) is 1.33. The Morgan fingerprint density at radius 1 is 1.25 bits per heavy atom. The third-order valence-corrected chi connectivity index (χ3v) is 3.44. The van der Waals surface area contributed by atoms with Crippen molar-refractivity contribution in [1.29, 1.82) is 0 Å². The summed E-state index contributed by atoms with van der Waals surface area (Å²) in [6, 6.07) is 12.7. The van der Waals surface area contributed by atoms with Gasteiger partial charge in [0.15, 0.2) is 5.76 Å². The SMILES string of the molecule is CC1C(C(=O)O)C(c2ccco2)=NN1c1ccccc1. The molecule has 102 valence electrons. The van der Waals surface area contributed by atoms with E-state index in [1.807, 2.05) is 37.3 Å². The fourth-order valence-corrected chi connectivity index (χ4v) is 2.46. The van der Waals surface area contributed by atoms with Gasteiger partial charge in [-0.05, 0) is 31.2 Å². The van der Waals surface area contributed by atoms with Crippen LogP contribution in [0.3, 0.4) is 0 Å². The van der Waals surface area contributed by atoms with E-state index in [0.29, 0.717) is 11.5 Å². The van der Waals surface area contributed by atoms with Crippen molar-refractivity contribution in [1.82, 2.24) is 0 Å². The summed E-state index contributed by atoms with van der Waals surface area (Å²) in [7, 11) is 0. The highest BCUT2D eigenvalue weighted by atomic mass is 16.4. The second kappa shape index (κ2) is 4.85. The van der Waals surface area contributed by atoms with Crippen LogP contribution in [0.25, 0.3) is 0 Å². The minimum absolute atomic E-state index is 0.269. The van der Waals surface area contributed by atoms with Crippen LogP contribution in [0.4, 0.5) is 5.69 Å². The standard InChI is InChI=1S/C15H14N2O3/c1-10-13(15(18)19)14(12-8-5-9-20-12)16-17(10)11-6-3-2-4-7-11/h2-10,13H,1H3,(H,18,19). The average Bonchev–Trinajstić information content (AvgIpc) is 3.06. The average molecular weight is 270 g/mol. The zero-order chi connectivity index (χ0) is 14.1. The predicted molar refractivity (Wildman–Crippen MR) is 74.8 cm³/mol. The summed E-state index contributed by atoms with van der Waals surface area (Å²) >= 11 is 0. The van der Waals surface area contributed by atoms with Crippen LogP contribution in [-0.2, 0) is 4.79 Å². The van der Waals surface area contributed by atoms with E-state index in [1.54, 1.807) is 17.1 Å². The Hall–Kier alpha value is -2.56. The summed E-state index contributed by atoms with van der Waals surface area (Å²) in [6.07, 6.45) is 1.52. The normalized spacial score (nSPS) is 21.9. The minimum atomic E-state index is -0.897. The van der Waals surface area contributed by atoms with E-state index >= 15 is 0 Å². The molecule has 0 saturated carbocycles. The minimum Gasteiger partial charge on any atom is -0.481 e. The van der Waals surface area contributed by atoms with Crippen LogP contribution >= 0.6 is 0 Å². The Balaban J connectivity index is 2.04. The fourth-order valence-electron chi connectivity index (χ4n) is 2.46. The second-order valence-corrected chi connectivity index (χ2v) is 4.70. The van der Waals surface area contributed by atoms with Crippen molar-refractivity contribution in [3.63, 3.8) is 0 Å². The van der Waals surface area contributed by atoms with Gasteiger partial charge in [-0.25, -0.2) is 0 Å². The maximum absolute atomic E-state index is 11.5. The maximum Gasteiger partial charge on any atom is 0.315 e. The molecule has 1 aromatic heterocycles. The van der Waals surface area contributed by atoms with Crippen LogP contribution in [0.2, 0.25) is 0 Å². The number of aliphatic carboxylic acids is 1. The van der Waals surface area contributed by atoms with Crippen molar-refractivity contribution >= 4 is 17.4 Å². The lowest BCUT2D eigenvalue weighted by molar-refractivity contribution is -0.139. The molecule has 0 radical (unpaired) electrons. The zero-order valence-electron chi connectivity index (χ0n) is 10.9. The lowest BCUT2D eigenvalue weighted by Gasteiger charge is -2.22. The van der Waals surface area contributed by atoms with Crippen LogP contribution in [0.1, 0.15) is 12.7 Å². The van der Waals surface area contributed by atoms with Crippen molar-refractivity contribution in [2.24, 2.45) is 11.0 Å². The molecule has 2 atom stereocenters. The third-order valence-electron chi connectivity index (χ3n) is 3.44. The molecule has 0 amide bonds. The van der Waals surface area contributed by atoms with Crippen LogP contribution in [0, 0.1) is 5.92 Å². The highest BCUT2D eigenvalue weighted by Crippen LogP contribution is 2.30. The molecular weight excluding hydrogens is 256 g/mol. The number of nitrogens with zero attached hydrogens (tertiary/aromatic N) is 2. The second-order valence-electron chi connectivity index (χ2n) is 4.70. The van der Waals surface area contributed by atoms with E-state index in [-0.39, 0.29) is 6.04 Å². The Bertz CT molecular complexity index is 634. The summed E-state index contributed by atoms with van der Waals surface area (Å²) in [6.45, 7) is 1.85. The first kappa shape index (κ1) is 12.5. The number of furan rings is 1. The Kier molecular flexibility index (Phi) is 3.02. The smallest absolute Gasteiger partial charge is 0.315 e. The third kappa shape index (κ3) is 1.97. The van der Waals surface area contributed by atoms with Gasteiger partial charge in [0.05, 0.1) is 18.0 Å². The Morgan fingerprint density at radius 3 is 2.60 bits per heavy atom. The molecule has 0 spiro atoms. The number of benzene rings is 1. The van der Waals surface area contributed by atoms with Gasteiger partial charge in [0.25, 0.3) is 0 Å². The summed E-state index contributed by atoms with van der Waals surface area (Å²) in [4.78, 5) is 11.5. The highest BCUT2D eigenvalue weighted by molar-refractivity contribution is 6.12. The molecule has 3 rings (SSSR count). The van der Waals surface area contributed by atoms with Crippen molar-refractivity contribution in [2.75, 3.05) is 5.01 Å². The molecule has 1 aliphatic heterocycles. The number of hydrogen-bond donors (Lipinski definition) is 1. The molecule has 0 aliphatic carbocycles. The molecule has 2 unspecified atom stereocenters. The number of para-hydroxylation sites is 1. The van der Waals surface area contributed by atoms with E-state index in [9.17, 15) is 9.90 Å². The number of carboxylic acid groups (broad SMARTS) is 1. The quantitative estimate of drug-likeness (QED) is 0.931. The Morgan fingerprint density at radius 2 is 2.00 bits per heavy atom. The largest absolute Gasteiger partial charge is 0.481 e. The molecule has 0 bridgehead atoms. The van der Waals surface area contributed by atoms with Crippen LogP contribution < -0.4 is 5.01 Å². The van der Waals surface area contributed by atoms with E-state index in [1.165, 1.54) is 6.26 Å². The fraction of sp³-hybridized carbons (Fsp3) is 0.200. The van der Waals surface area contributed by atoms with Crippen molar-refractivity contribution in [3.05, 3.63) is 54.5 Å². The number of rotatable bonds is 3. The lowest BCUT2D eigenvalue weighted by Crippen LogP contribution is -2.35. The summed E-state index contributed by atoms with van der Waals surface area (Å²) in [5, 5.41) is 15.7. The lowest BCUT2D eigenvalue weighted by atomic mass is 9.95. The maximum atomic E-state index is 11.5. The van der Waals surface area contributed by atoms with E-state index in [0.717, 1.165) is 5.69 Å². The number of hydrogen-bond acceptors (Lipinski definition) is 4. The molecule has 20 heavy (non-hydrogen) atoms. The number of hydrazone groups is 1. The van der Waals surface area contributed by atoms with Crippen molar-refractivity contribution in [2.45, 2.75) is 13.0 Å². The molecule has 0 fully saturated rings. The summed E-state index contributed by atoms with van der Waals surface area (Å²) < 4.78 is 5.31. The first-order valence-corrected chi connectivity index (χ1v) is 6.38. The molecule has 5 nitrogen and oxygen atoms in total. The number of carboxylic acids is 1. The summed E-state index contributed by atoms with van der Waals surface area (Å²) in [5.74, 6) is -1.10. The predicted octanol–water partition coefficient (Wildman–Crippen LogP) is 2.59. The molecule has 5 heteroatoms. The van der Waals surface area contributed by atoms with Crippen LogP contribution in [0.5, 0.6) is 0 Å². The van der Waals surface area contributed by atoms with Gasteiger partial charge in [-0.1, -0.05) is 18.2 Å². The van der Waals surface area contributed by atoms with Gasteiger partial charge < -0.3 is 9.52 Å². The van der Waals surface area contributed by atoms with Gasteiger partial charge in [0, 0.05) is 0 Å². The molecular formula is C15H14N2O3. The van der Waals surface area contributed by atoms with E-state index in [4.69, 9.17) is 4.42 Å². The molecule has 2 heterocycles. The van der Waals surface area contributed by atoms with Gasteiger partial charge in [-0.3, -0.25) is 9.80 Å². The van der Waals surface area contributed by atoms with Crippen LogP contribution in [-0.4, -0.2) is 22.8 Å². The first-order chi connectivity index (χ1) is 9.68. The first-order valence-electron chi connectivity index (χ1n) is 6.38. The monoisotopic (exact) mass is 270 g/mol. The zero-order valence-corrected chi connectivity index (χ0v) is 10.9. The van der Waals surface area contributed by atoms with E-state index in [2.05, 4.69) is 5.10 Å². The molecule has 1 aromatic carbocycles. The molecule has 1 aliphatic rings. The van der Waals surface area contributed by atoms with Gasteiger partial charge in [-0.2, -0.15) is 5.10 Å². The molecule has 1 N–H and O–H groups in total. The molecule has 0 saturated heterocycles. The number of carbonyl (C=O) groups is 1. The van der Waals surface area contributed by atoms with E-state index < -0.39 is 11.9 Å². The van der Waals surface area contributed by atoms with Crippen molar-refractivity contribution < 1.29 is 14.3 Å². The van der Waals surface area contributed by atoms with Gasteiger partial charge in [-0.15, -0.1) is 0 Å². The van der Waals surface area contributed by atoms with Crippen molar-refractivity contribution in [3.8, 4) is 0 Å².